The molecule has 0 bridgehead atoms. The maximum absolute atomic E-state index is 13.4. The normalized spacial score (nSPS) is 11.7. The highest BCUT2D eigenvalue weighted by Gasteiger charge is 2.35. The highest BCUT2D eigenvalue weighted by molar-refractivity contribution is 5.90. The Hall–Kier alpha value is -2.77. The molecule has 1 N–H and O–H groups in total. The summed E-state index contributed by atoms with van der Waals surface area (Å²) in [6, 6.07) is 8.23. The van der Waals surface area contributed by atoms with Gasteiger partial charge in [0.2, 0.25) is 5.82 Å². The first kappa shape index (κ1) is 15.1. The number of nitrogens with one attached hydrogen (secondary N) is 1. The van der Waals surface area contributed by atoms with Crippen LogP contribution in [-0.2, 0) is 6.18 Å². The van der Waals surface area contributed by atoms with E-state index in [9.17, 15) is 22.0 Å². The summed E-state index contributed by atoms with van der Waals surface area (Å²) in [5.41, 5.74) is 0.106. The summed E-state index contributed by atoms with van der Waals surface area (Å²) in [4.78, 5) is 6.79. The molecule has 0 aliphatic rings. The highest BCUT2D eigenvalue weighted by atomic mass is 19.4. The van der Waals surface area contributed by atoms with Gasteiger partial charge in [-0.3, -0.25) is 0 Å². The molecule has 1 aromatic heterocycles. The van der Waals surface area contributed by atoms with E-state index in [4.69, 9.17) is 0 Å². The third kappa shape index (κ3) is 3.20. The standard InChI is InChI=1S/C15H8F5N3/c16-8-2-1-3-10(6-8)21-13-11-7-9(17)4-5-12(11)22-14(23-13)15(18,19)20/h1-7H,(H,21,22,23). The minimum Gasteiger partial charge on any atom is -0.340 e. The largest absolute Gasteiger partial charge is 0.451 e. The van der Waals surface area contributed by atoms with E-state index in [0.717, 1.165) is 24.3 Å². The molecule has 0 radical (unpaired) electrons. The predicted octanol–water partition coefficient (Wildman–Crippen LogP) is 4.67. The van der Waals surface area contributed by atoms with Gasteiger partial charge in [-0.2, -0.15) is 13.2 Å². The van der Waals surface area contributed by atoms with E-state index in [1.165, 1.54) is 18.2 Å². The summed E-state index contributed by atoms with van der Waals surface area (Å²) in [5, 5.41) is 2.63. The van der Waals surface area contributed by atoms with Crippen LogP contribution in [0.25, 0.3) is 10.9 Å². The van der Waals surface area contributed by atoms with Gasteiger partial charge in [0.05, 0.1) is 5.52 Å². The summed E-state index contributed by atoms with van der Waals surface area (Å²) in [6.07, 6.45) is -4.76. The molecule has 3 aromatic rings. The van der Waals surface area contributed by atoms with Crippen molar-refractivity contribution < 1.29 is 22.0 Å². The average Bonchev–Trinajstić information content (AvgIpc) is 2.46. The number of hydrogen-bond donors (Lipinski definition) is 1. The smallest absolute Gasteiger partial charge is 0.340 e. The van der Waals surface area contributed by atoms with Crippen molar-refractivity contribution in [3.8, 4) is 0 Å². The quantitative estimate of drug-likeness (QED) is 0.696. The van der Waals surface area contributed by atoms with Crippen molar-refractivity contribution in [2.45, 2.75) is 6.18 Å². The van der Waals surface area contributed by atoms with E-state index < -0.39 is 23.6 Å². The van der Waals surface area contributed by atoms with Gasteiger partial charge in [0.1, 0.15) is 17.5 Å². The molecule has 0 aliphatic heterocycles. The maximum Gasteiger partial charge on any atom is 0.451 e. The lowest BCUT2D eigenvalue weighted by atomic mass is 10.2. The number of hydrogen-bond acceptors (Lipinski definition) is 3. The summed E-state index contributed by atoms with van der Waals surface area (Å²) in [5.74, 6) is -2.85. The number of fused-ring (bicyclic) bond motifs is 1. The Bertz CT molecular complexity index is 877. The molecular formula is C15H8F5N3. The van der Waals surface area contributed by atoms with Gasteiger partial charge in [-0.05, 0) is 36.4 Å². The minimum absolute atomic E-state index is 0.0576. The van der Waals surface area contributed by atoms with Crippen molar-refractivity contribution in [2.24, 2.45) is 0 Å². The molecule has 0 saturated carbocycles. The van der Waals surface area contributed by atoms with Crippen LogP contribution in [-0.4, -0.2) is 9.97 Å². The Balaban J connectivity index is 2.18. The zero-order chi connectivity index (χ0) is 16.6. The Labute approximate surface area is 126 Å². The Morgan fingerprint density at radius 1 is 0.870 bits per heavy atom. The number of anilines is 2. The fourth-order valence-corrected chi connectivity index (χ4v) is 2.03. The molecule has 2 aromatic carbocycles. The second-order valence-corrected chi connectivity index (χ2v) is 4.69. The molecule has 0 amide bonds. The second-order valence-electron chi connectivity index (χ2n) is 4.69. The number of rotatable bonds is 2. The van der Waals surface area contributed by atoms with E-state index >= 15 is 0 Å². The van der Waals surface area contributed by atoms with Crippen LogP contribution in [0.1, 0.15) is 5.82 Å². The Morgan fingerprint density at radius 3 is 2.30 bits per heavy atom. The van der Waals surface area contributed by atoms with Gasteiger partial charge in [0.15, 0.2) is 0 Å². The predicted molar refractivity (Wildman–Crippen MR) is 74.2 cm³/mol. The fourth-order valence-electron chi connectivity index (χ4n) is 2.03. The molecule has 1 heterocycles. The average molecular weight is 325 g/mol. The topological polar surface area (TPSA) is 37.8 Å². The van der Waals surface area contributed by atoms with Crippen LogP contribution in [0.3, 0.4) is 0 Å². The van der Waals surface area contributed by atoms with Crippen LogP contribution in [0.4, 0.5) is 33.5 Å². The van der Waals surface area contributed by atoms with Gasteiger partial charge in [-0.25, -0.2) is 18.7 Å². The molecule has 0 unspecified atom stereocenters. The molecule has 0 atom stereocenters. The van der Waals surface area contributed by atoms with Crippen molar-refractivity contribution in [2.75, 3.05) is 5.32 Å². The first-order valence-electron chi connectivity index (χ1n) is 6.40. The van der Waals surface area contributed by atoms with Crippen LogP contribution in [0, 0.1) is 11.6 Å². The Kier molecular flexibility index (Phi) is 3.59. The molecule has 0 aliphatic carbocycles. The second kappa shape index (κ2) is 5.45. The number of alkyl halides is 3. The lowest BCUT2D eigenvalue weighted by Crippen LogP contribution is -2.12. The molecular weight excluding hydrogens is 317 g/mol. The van der Waals surface area contributed by atoms with Gasteiger partial charge in [0.25, 0.3) is 0 Å². The third-order valence-corrected chi connectivity index (χ3v) is 3.00. The van der Waals surface area contributed by atoms with E-state index in [1.54, 1.807) is 0 Å². The summed E-state index contributed by atoms with van der Waals surface area (Å²) in [6.45, 7) is 0. The number of nitrogens with zero attached hydrogens (tertiary/aromatic N) is 2. The van der Waals surface area contributed by atoms with Crippen LogP contribution in [0.5, 0.6) is 0 Å². The van der Waals surface area contributed by atoms with Gasteiger partial charge in [0, 0.05) is 11.1 Å². The van der Waals surface area contributed by atoms with Crippen LogP contribution in [0.15, 0.2) is 42.5 Å². The number of aromatic nitrogens is 2. The van der Waals surface area contributed by atoms with Crippen molar-refractivity contribution in [1.82, 2.24) is 9.97 Å². The first-order chi connectivity index (χ1) is 10.8. The zero-order valence-corrected chi connectivity index (χ0v) is 11.3. The van der Waals surface area contributed by atoms with Crippen LogP contribution in [0.2, 0.25) is 0 Å². The molecule has 23 heavy (non-hydrogen) atoms. The monoisotopic (exact) mass is 325 g/mol. The van der Waals surface area contributed by atoms with Crippen molar-refractivity contribution in [1.29, 1.82) is 0 Å². The SMILES string of the molecule is Fc1cccc(Nc2nc(C(F)(F)F)nc3ccc(F)cc23)c1. The zero-order valence-electron chi connectivity index (χ0n) is 11.3. The van der Waals surface area contributed by atoms with Gasteiger partial charge in [-0.1, -0.05) is 6.07 Å². The summed E-state index contributed by atoms with van der Waals surface area (Å²) >= 11 is 0. The molecule has 0 saturated heterocycles. The summed E-state index contributed by atoms with van der Waals surface area (Å²) < 4.78 is 65.3. The molecule has 118 valence electrons. The lowest BCUT2D eigenvalue weighted by molar-refractivity contribution is -0.144. The molecule has 3 rings (SSSR count). The van der Waals surface area contributed by atoms with Crippen molar-refractivity contribution in [3.63, 3.8) is 0 Å². The van der Waals surface area contributed by atoms with E-state index in [1.807, 2.05) is 0 Å². The highest BCUT2D eigenvalue weighted by Crippen LogP contribution is 2.31. The number of benzene rings is 2. The van der Waals surface area contributed by atoms with E-state index in [0.29, 0.717) is 0 Å². The molecule has 8 heteroatoms. The van der Waals surface area contributed by atoms with E-state index in [2.05, 4.69) is 15.3 Å². The minimum atomic E-state index is -4.76. The maximum atomic E-state index is 13.4. The first-order valence-corrected chi connectivity index (χ1v) is 6.40. The van der Waals surface area contributed by atoms with Gasteiger partial charge >= 0.3 is 6.18 Å². The Morgan fingerprint density at radius 2 is 1.61 bits per heavy atom. The van der Waals surface area contributed by atoms with E-state index in [-0.39, 0.29) is 22.4 Å². The van der Waals surface area contributed by atoms with Crippen LogP contribution >= 0.6 is 0 Å². The third-order valence-electron chi connectivity index (χ3n) is 3.00. The molecule has 0 fully saturated rings. The van der Waals surface area contributed by atoms with Gasteiger partial charge < -0.3 is 5.32 Å². The fraction of sp³-hybridized carbons (Fsp3) is 0.0667. The van der Waals surface area contributed by atoms with Crippen LogP contribution < -0.4 is 5.32 Å². The molecule has 3 nitrogen and oxygen atoms in total. The summed E-state index contributed by atoms with van der Waals surface area (Å²) in [7, 11) is 0. The lowest BCUT2D eigenvalue weighted by Gasteiger charge is -2.12. The van der Waals surface area contributed by atoms with Crippen molar-refractivity contribution in [3.05, 3.63) is 59.9 Å². The van der Waals surface area contributed by atoms with Crippen molar-refractivity contribution >= 4 is 22.4 Å². The number of halogens is 5. The van der Waals surface area contributed by atoms with Gasteiger partial charge in [-0.15, -0.1) is 0 Å². The molecule has 0 spiro atoms.